The van der Waals surface area contributed by atoms with E-state index in [2.05, 4.69) is 0 Å². The van der Waals surface area contributed by atoms with E-state index in [1.807, 2.05) is 0 Å². The normalized spacial score (nSPS) is 19.0. The predicted molar refractivity (Wildman–Crippen MR) is 72.3 cm³/mol. The maximum Gasteiger partial charge on any atom is 0.254 e. The number of halogens is 2. The van der Waals surface area contributed by atoms with Crippen LogP contribution >= 0.6 is 23.8 Å². The Balaban J connectivity index is 2.25. The second kappa shape index (κ2) is 5.20. The molecule has 1 aliphatic heterocycles. The highest BCUT2D eigenvalue weighted by molar-refractivity contribution is 7.80. The number of thiocarbonyl (C=S) groups is 1. The fourth-order valence-electron chi connectivity index (χ4n) is 2.10. The van der Waals surface area contributed by atoms with Crippen LogP contribution in [0.1, 0.15) is 23.2 Å². The highest BCUT2D eigenvalue weighted by atomic mass is 35.5. The molecule has 96 valence electrons. The average molecular weight is 287 g/mol. The highest BCUT2D eigenvalue weighted by Crippen LogP contribution is 2.22. The van der Waals surface area contributed by atoms with E-state index in [9.17, 15) is 9.18 Å². The molecular formula is C12H12ClFN2OS. The van der Waals surface area contributed by atoms with Gasteiger partial charge in [0, 0.05) is 12.1 Å². The maximum absolute atomic E-state index is 13.0. The topological polar surface area (TPSA) is 46.3 Å². The Morgan fingerprint density at radius 2 is 2.28 bits per heavy atom. The Kier molecular flexibility index (Phi) is 3.82. The summed E-state index contributed by atoms with van der Waals surface area (Å²) < 4.78 is 13.0. The summed E-state index contributed by atoms with van der Waals surface area (Å²) in [5, 5.41) is -0.0630. The van der Waals surface area contributed by atoms with E-state index in [0.29, 0.717) is 17.1 Å². The van der Waals surface area contributed by atoms with E-state index in [1.54, 1.807) is 4.90 Å². The molecule has 2 rings (SSSR count). The van der Waals surface area contributed by atoms with E-state index in [1.165, 1.54) is 18.2 Å². The van der Waals surface area contributed by atoms with Gasteiger partial charge in [0.2, 0.25) is 0 Å². The Morgan fingerprint density at radius 3 is 2.89 bits per heavy atom. The monoisotopic (exact) mass is 286 g/mol. The second-order valence-electron chi connectivity index (χ2n) is 4.19. The van der Waals surface area contributed by atoms with Crippen molar-refractivity contribution in [3.8, 4) is 0 Å². The molecule has 1 aromatic rings. The zero-order chi connectivity index (χ0) is 13.3. The van der Waals surface area contributed by atoms with E-state index >= 15 is 0 Å². The highest BCUT2D eigenvalue weighted by Gasteiger charge is 2.31. The molecule has 0 spiro atoms. The number of amides is 1. The van der Waals surface area contributed by atoms with Crippen molar-refractivity contribution >= 4 is 34.7 Å². The Labute approximate surface area is 115 Å². The third-order valence-electron chi connectivity index (χ3n) is 3.01. The summed E-state index contributed by atoms with van der Waals surface area (Å²) >= 11 is 10.6. The van der Waals surface area contributed by atoms with Crippen molar-refractivity contribution in [3.05, 3.63) is 34.6 Å². The molecule has 18 heavy (non-hydrogen) atoms. The molecule has 1 saturated heterocycles. The molecule has 3 nitrogen and oxygen atoms in total. The third-order valence-corrected chi connectivity index (χ3v) is 3.57. The molecule has 0 bridgehead atoms. The molecule has 1 fully saturated rings. The first-order valence-electron chi connectivity index (χ1n) is 5.56. The van der Waals surface area contributed by atoms with Gasteiger partial charge in [0.05, 0.1) is 16.1 Å². The SMILES string of the molecule is NC(=S)C1CCCN1C(=O)c1ccc(F)c(Cl)c1. The molecule has 0 saturated carbocycles. The molecule has 1 heterocycles. The Bertz CT molecular complexity index is 509. The van der Waals surface area contributed by atoms with Gasteiger partial charge in [-0.05, 0) is 31.0 Å². The number of benzene rings is 1. The third kappa shape index (κ3) is 2.47. The van der Waals surface area contributed by atoms with Crippen LogP contribution in [0.2, 0.25) is 5.02 Å². The van der Waals surface area contributed by atoms with Gasteiger partial charge in [0.15, 0.2) is 0 Å². The molecule has 1 aromatic carbocycles. The summed E-state index contributed by atoms with van der Waals surface area (Å²) in [7, 11) is 0. The molecule has 2 N–H and O–H groups in total. The zero-order valence-corrected chi connectivity index (χ0v) is 11.1. The number of carbonyl (C=O) groups excluding carboxylic acids is 1. The van der Waals surface area contributed by atoms with Crippen LogP contribution in [0.3, 0.4) is 0 Å². The van der Waals surface area contributed by atoms with Crippen molar-refractivity contribution < 1.29 is 9.18 Å². The van der Waals surface area contributed by atoms with Gasteiger partial charge in [-0.15, -0.1) is 0 Å². The molecule has 0 aliphatic carbocycles. The van der Waals surface area contributed by atoms with Gasteiger partial charge in [0.25, 0.3) is 5.91 Å². The van der Waals surface area contributed by atoms with Gasteiger partial charge in [-0.25, -0.2) is 4.39 Å². The minimum atomic E-state index is -0.541. The van der Waals surface area contributed by atoms with Crippen LogP contribution in [0.4, 0.5) is 4.39 Å². The van der Waals surface area contributed by atoms with E-state index < -0.39 is 5.82 Å². The number of carbonyl (C=O) groups is 1. The van der Waals surface area contributed by atoms with Crippen LogP contribution in [-0.2, 0) is 0 Å². The van der Waals surface area contributed by atoms with Gasteiger partial charge in [-0.3, -0.25) is 4.79 Å². The number of nitrogens with zero attached hydrogens (tertiary/aromatic N) is 1. The minimum Gasteiger partial charge on any atom is -0.392 e. The summed E-state index contributed by atoms with van der Waals surface area (Å²) in [5.74, 6) is -0.757. The predicted octanol–water partition coefficient (Wildman–Crippen LogP) is 2.37. The largest absolute Gasteiger partial charge is 0.392 e. The Hall–Kier alpha value is -1.20. The molecule has 1 aliphatic rings. The lowest BCUT2D eigenvalue weighted by atomic mass is 10.1. The fraction of sp³-hybridized carbons (Fsp3) is 0.333. The van der Waals surface area contributed by atoms with Gasteiger partial charge < -0.3 is 10.6 Å². The lowest BCUT2D eigenvalue weighted by molar-refractivity contribution is 0.0770. The van der Waals surface area contributed by atoms with Gasteiger partial charge >= 0.3 is 0 Å². The molecule has 1 amide bonds. The van der Waals surface area contributed by atoms with Gasteiger partial charge in [0.1, 0.15) is 5.82 Å². The molecule has 1 unspecified atom stereocenters. The van der Waals surface area contributed by atoms with Crippen molar-refractivity contribution in [1.82, 2.24) is 4.90 Å². The lowest BCUT2D eigenvalue weighted by Crippen LogP contribution is -2.42. The first-order chi connectivity index (χ1) is 8.50. The number of hydrogen-bond acceptors (Lipinski definition) is 2. The van der Waals surface area contributed by atoms with Crippen molar-refractivity contribution in [2.75, 3.05) is 6.54 Å². The minimum absolute atomic E-state index is 0.0630. The van der Waals surface area contributed by atoms with E-state index in [-0.39, 0.29) is 17.0 Å². The molecule has 6 heteroatoms. The summed E-state index contributed by atoms with van der Waals surface area (Å²) in [6.07, 6.45) is 1.64. The summed E-state index contributed by atoms with van der Waals surface area (Å²) in [6.45, 7) is 0.607. The quantitative estimate of drug-likeness (QED) is 0.849. The number of rotatable bonds is 2. The fourth-order valence-corrected chi connectivity index (χ4v) is 2.53. The van der Waals surface area contributed by atoms with Crippen LogP contribution < -0.4 is 5.73 Å². The van der Waals surface area contributed by atoms with Crippen molar-refractivity contribution in [3.63, 3.8) is 0 Å². The molecule has 0 aromatic heterocycles. The molecular weight excluding hydrogens is 275 g/mol. The standard InChI is InChI=1S/C12H12ClFN2OS/c13-8-6-7(3-4-9(8)14)12(17)16-5-1-2-10(16)11(15)18/h3-4,6,10H,1-2,5H2,(H2,15,18). The Morgan fingerprint density at radius 1 is 1.56 bits per heavy atom. The first-order valence-corrected chi connectivity index (χ1v) is 6.34. The summed E-state index contributed by atoms with van der Waals surface area (Å²) in [4.78, 5) is 14.2. The molecule has 0 radical (unpaired) electrons. The average Bonchev–Trinajstić information content (AvgIpc) is 2.81. The lowest BCUT2D eigenvalue weighted by Gasteiger charge is -2.23. The summed E-state index contributed by atoms with van der Waals surface area (Å²) in [6, 6.07) is 3.71. The van der Waals surface area contributed by atoms with Crippen LogP contribution in [0.25, 0.3) is 0 Å². The van der Waals surface area contributed by atoms with E-state index in [0.717, 1.165) is 12.8 Å². The van der Waals surface area contributed by atoms with Crippen LogP contribution in [-0.4, -0.2) is 28.4 Å². The van der Waals surface area contributed by atoms with Crippen molar-refractivity contribution in [2.24, 2.45) is 5.73 Å². The van der Waals surface area contributed by atoms with Gasteiger partial charge in [-0.2, -0.15) is 0 Å². The van der Waals surface area contributed by atoms with Crippen LogP contribution in [0.15, 0.2) is 18.2 Å². The van der Waals surface area contributed by atoms with Crippen molar-refractivity contribution in [2.45, 2.75) is 18.9 Å². The maximum atomic E-state index is 13.0. The first kappa shape index (κ1) is 13.2. The number of hydrogen-bond donors (Lipinski definition) is 1. The van der Waals surface area contributed by atoms with Crippen LogP contribution in [0, 0.1) is 5.82 Å². The number of nitrogens with two attached hydrogens (primary N) is 1. The molecule has 1 atom stereocenters. The zero-order valence-electron chi connectivity index (χ0n) is 9.53. The second-order valence-corrected chi connectivity index (χ2v) is 5.07. The van der Waals surface area contributed by atoms with Gasteiger partial charge in [-0.1, -0.05) is 23.8 Å². The number of likely N-dealkylation sites (tertiary alicyclic amines) is 1. The van der Waals surface area contributed by atoms with Crippen LogP contribution in [0.5, 0.6) is 0 Å². The van der Waals surface area contributed by atoms with Crippen molar-refractivity contribution in [1.29, 1.82) is 0 Å². The van der Waals surface area contributed by atoms with E-state index in [4.69, 9.17) is 29.6 Å². The smallest absolute Gasteiger partial charge is 0.254 e. The summed E-state index contributed by atoms with van der Waals surface area (Å²) in [5.41, 5.74) is 5.96.